The Balaban J connectivity index is 2.01. The predicted octanol–water partition coefficient (Wildman–Crippen LogP) is 1.88. The van der Waals surface area contributed by atoms with Gasteiger partial charge < -0.3 is 19.5 Å². The van der Waals surface area contributed by atoms with E-state index in [0.29, 0.717) is 31.7 Å². The second-order valence-corrected chi connectivity index (χ2v) is 5.71. The second-order valence-electron chi connectivity index (χ2n) is 4.61. The van der Waals surface area contributed by atoms with E-state index in [9.17, 15) is 9.59 Å². The SMILES string of the molecule is COC(=O)CCCNC(=O)CSCCOc1ccc(OC)cc1. The largest absolute Gasteiger partial charge is 0.497 e. The smallest absolute Gasteiger partial charge is 0.305 e. The summed E-state index contributed by atoms with van der Waals surface area (Å²) in [6.07, 6.45) is 0.906. The quantitative estimate of drug-likeness (QED) is 0.489. The topological polar surface area (TPSA) is 73.9 Å². The molecule has 0 radical (unpaired) electrons. The normalized spacial score (nSPS) is 10.0. The second kappa shape index (κ2) is 11.6. The highest BCUT2D eigenvalue weighted by molar-refractivity contribution is 7.99. The molecule has 128 valence electrons. The highest BCUT2D eigenvalue weighted by Crippen LogP contribution is 2.17. The van der Waals surface area contributed by atoms with E-state index in [1.54, 1.807) is 7.11 Å². The van der Waals surface area contributed by atoms with Gasteiger partial charge in [-0.05, 0) is 30.7 Å². The first kappa shape index (κ1) is 19.2. The molecule has 0 saturated heterocycles. The minimum atomic E-state index is -0.260. The predicted molar refractivity (Wildman–Crippen MR) is 90.1 cm³/mol. The fraction of sp³-hybridized carbons (Fsp3) is 0.500. The molecular weight excluding hydrogens is 318 g/mol. The van der Waals surface area contributed by atoms with Crippen molar-refractivity contribution in [2.24, 2.45) is 0 Å². The van der Waals surface area contributed by atoms with Crippen LogP contribution in [0.1, 0.15) is 12.8 Å². The van der Waals surface area contributed by atoms with Crippen LogP contribution in [0.15, 0.2) is 24.3 Å². The number of hydrogen-bond acceptors (Lipinski definition) is 6. The van der Waals surface area contributed by atoms with Crippen molar-refractivity contribution in [2.45, 2.75) is 12.8 Å². The molecule has 0 atom stereocenters. The molecule has 0 unspecified atom stereocenters. The molecule has 1 aromatic carbocycles. The van der Waals surface area contributed by atoms with Gasteiger partial charge in [-0.15, -0.1) is 11.8 Å². The first-order valence-electron chi connectivity index (χ1n) is 7.34. The van der Waals surface area contributed by atoms with Crippen LogP contribution < -0.4 is 14.8 Å². The Labute approximate surface area is 140 Å². The summed E-state index contributed by atoms with van der Waals surface area (Å²) in [6.45, 7) is 1.02. The summed E-state index contributed by atoms with van der Waals surface area (Å²) in [4.78, 5) is 22.5. The van der Waals surface area contributed by atoms with Crippen molar-refractivity contribution < 1.29 is 23.8 Å². The third-order valence-corrected chi connectivity index (χ3v) is 3.82. The van der Waals surface area contributed by atoms with Gasteiger partial charge >= 0.3 is 5.97 Å². The third-order valence-electron chi connectivity index (χ3n) is 2.90. The van der Waals surface area contributed by atoms with Crippen LogP contribution in [-0.2, 0) is 14.3 Å². The number of nitrogens with one attached hydrogen (secondary N) is 1. The Morgan fingerprint density at radius 3 is 2.48 bits per heavy atom. The number of rotatable bonds is 11. The average Bonchev–Trinajstić information content (AvgIpc) is 2.58. The van der Waals surface area contributed by atoms with Gasteiger partial charge in [0.15, 0.2) is 0 Å². The maximum absolute atomic E-state index is 11.6. The standard InChI is InChI=1S/C16H23NO5S/c1-20-13-5-7-14(8-6-13)22-10-11-23-12-15(18)17-9-3-4-16(19)21-2/h5-8H,3-4,9-12H2,1-2H3,(H,17,18). The fourth-order valence-corrected chi connectivity index (χ4v) is 2.30. The molecule has 0 aliphatic rings. The first-order chi connectivity index (χ1) is 11.2. The number of thioether (sulfide) groups is 1. The van der Waals surface area contributed by atoms with E-state index in [-0.39, 0.29) is 11.9 Å². The number of esters is 1. The molecular formula is C16H23NO5S. The van der Waals surface area contributed by atoms with Gasteiger partial charge in [0.2, 0.25) is 5.91 Å². The van der Waals surface area contributed by atoms with E-state index in [1.165, 1.54) is 18.9 Å². The first-order valence-corrected chi connectivity index (χ1v) is 8.49. The summed E-state index contributed by atoms with van der Waals surface area (Å²) in [5.41, 5.74) is 0. The lowest BCUT2D eigenvalue weighted by molar-refractivity contribution is -0.140. The van der Waals surface area contributed by atoms with Gasteiger partial charge in [-0.25, -0.2) is 0 Å². The van der Waals surface area contributed by atoms with Crippen LogP contribution >= 0.6 is 11.8 Å². The van der Waals surface area contributed by atoms with E-state index in [1.807, 2.05) is 24.3 Å². The summed E-state index contributed by atoms with van der Waals surface area (Å²) < 4.78 is 15.2. The monoisotopic (exact) mass is 341 g/mol. The van der Waals surface area contributed by atoms with E-state index >= 15 is 0 Å². The number of carbonyl (C=O) groups is 2. The molecule has 6 nitrogen and oxygen atoms in total. The van der Waals surface area contributed by atoms with Gasteiger partial charge in [0.1, 0.15) is 11.5 Å². The molecule has 0 saturated carbocycles. The maximum Gasteiger partial charge on any atom is 0.305 e. The highest BCUT2D eigenvalue weighted by Gasteiger charge is 2.03. The van der Waals surface area contributed by atoms with Crippen molar-refractivity contribution in [2.75, 3.05) is 38.9 Å². The van der Waals surface area contributed by atoms with Crippen LogP contribution in [0, 0.1) is 0 Å². The molecule has 0 heterocycles. The van der Waals surface area contributed by atoms with Crippen LogP contribution in [0.3, 0.4) is 0 Å². The van der Waals surface area contributed by atoms with Crippen molar-refractivity contribution >= 4 is 23.6 Å². The van der Waals surface area contributed by atoms with Crippen LogP contribution in [0.4, 0.5) is 0 Å². The lowest BCUT2D eigenvalue weighted by atomic mass is 10.3. The molecule has 1 aromatic rings. The van der Waals surface area contributed by atoms with Gasteiger partial charge in [-0.3, -0.25) is 9.59 Å². The van der Waals surface area contributed by atoms with Crippen molar-refractivity contribution in [3.8, 4) is 11.5 Å². The molecule has 23 heavy (non-hydrogen) atoms. The zero-order valence-corrected chi connectivity index (χ0v) is 14.3. The van der Waals surface area contributed by atoms with Crippen molar-refractivity contribution in [3.05, 3.63) is 24.3 Å². The summed E-state index contributed by atoms with van der Waals surface area (Å²) in [5, 5.41) is 2.76. The number of ether oxygens (including phenoxy) is 3. The Morgan fingerprint density at radius 1 is 1.13 bits per heavy atom. The molecule has 0 fully saturated rings. The molecule has 0 spiro atoms. The number of methoxy groups -OCH3 is 2. The lowest BCUT2D eigenvalue weighted by Crippen LogP contribution is -2.27. The van der Waals surface area contributed by atoms with Crippen molar-refractivity contribution in [3.63, 3.8) is 0 Å². The summed E-state index contributed by atoms with van der Waals surface area (Å²) in [5.74, 6) is 2.37. The zero-order chi connectivity index (χ0) is 16.9. The Hall–Kier alpha value is -1.89. The van der Waals surface area contributed by atoms with Gasteiger partial charge in [0, 0.05) is 18.7 Å². The number of carbonyl (C=O) groups excluding carboxylic acids is 2. The summed E-state index contributed by atoms with van der Waals surface area (Å²) in [6, 6.07) is 7.36. The molecule has 1 N–H and O–H groups in total. The lowest BCUT2D eigenvalue weighted by Gasteiger charge is -2.07. The van der Waals surface area contributed by atoms with Crippen LogP contribution in [0.25, 0.3) is 0 Å². The zero-order valence-electron chi connectivity index (χ0n) is 13.5. The Bertz CT molecular complexity index is 478. The van der Waals surface area contributed by atoms with E-state index in [4.69, 9.17) is 9.47 Å². The maximum atomic E-state index is 11.6. The molecule has 1 rings (SSSR count). The number of amides is 1. The van der Waals surface area contributed by atoms with Crippen molar-refractivity contribution in [1.29, 1.82) is 0 Å². The number of benzene rings is 1. The van der Waals surface area contributed by atoms with Crippen LogP contribution in [-0.4, -0.2) is 50.8 Å². The van der Waals surface area contributed by atoms with Crippen LogP contribution in [0.2, 0.25) is 0 Å². The summed E-state index contributed by atoms with van der Waals surface area (Å²) in [7, 11) is 2.97. The van der Waals surface area contributed by atoms with Gasteiger partial charge in [-0.2, -0.15) is 0 Å². The molecule has 0 aliphatic carbocycles. The molecule has 1 amide bonds. The molecule has 0 aliphatic heterocycles. The van der Waals surface area contributed by atoms with E-state index in [0.717, 1.165) is 17.3 Å². The van der Waals surface area contributed by atoms with E-state index in [2.05, 4.69) is 10.1 Å². The van der Waals surface area contributed by atoms with Gasteiger partial charge in [-0.1, -0.05) is 0 Å². The van der Waals surface area contributed by atoms with Gasteiger partial charge in [0.25, 0.3) is 0 Å². The Kier molecular flexibility index (Phi) is 9.70. The molecule has 7 heteroatoms. The van der Waals surface area contributed by atoms with Crippen molar-refractivity contribution in [1.82, 2.24) is 5.32 Å². The third kappa shape index (κ3) is 8.97. The fourth-order valence-electron chi connectivity index (χ4n) is 1.67. The van der Waals surface area contributed by atoms with Crippen LogP contribution in [0.5, 0.6) is 11.5 Å². The van der Waals surface area contributed by atoms with Gasteiger partial charge in [0.05, 0.1) is 26.6 Å². The molecule has 0 bridgehead atoms. The molecule has 0 aromatic heterocycles. The minimum absolute atomic E-state index is 0.0377. The highest BCUT2D eigenvalue weighted by atomic mass is 32.2. The average molecular weight is 341 g/mol. The Morgan fingerprint density at radius 2 is 1.83 bits per heavy atom. The number of hydrogen-bond donors (Lipinski definition) is 1. The summed E-state index contributed by atoms with van der Waals surface area (Å²) >= 11 is 1.50. The van der Waals surface area contributed by atoms with E-state index < -0.39 is 0 Å². The minimum Gasteiger partial charge on any atom is -0.497 e.